The Labute approximate surface area is 102 Å². The van der Waals surface area contributed by atoms with E-state index in [0.29, 0.717) is 0 Å². The Morgan fingerprint density at radius 1 is 1.25 bits per heavy atom. The third-order valence-corrected chi connectivity index (χ3v) is 3.43. The van der Waals surface area contributed by atoms with Crippen molar-refractivity contribution in [1.82, 2.24) is 10.2 Å². The van der Waals surface area contributed by atoms with Crippen molar-refractivity contribution in [2.24, 2.45) is 0 Å². The van der Waals surface area contributed by atoms with Crippen molar-refractivity contribution in [3.05, 3.63) is 0 Å². The van der Waals surface area contributed by atoms with E-state index in [9.17, 15) is 0 Å². The van der Waals surface area contributed by atoms with E-state index < -0.39 is 0 Å². The van der Waals surface area contributed by atoms with Crippen LogP contribution in [-0.2, 0) is 0 Å². The minimum absolute atomic E-state index is 0.260. The Hall–Kier alpha value is -0.0800. The molecule has 2 nitrogen and oxygen atoms in total. The zero-order valence-corrected chi connectivity index (χ0v) is 11.7. The predicted molar refractivity (Wildman–Crippen MR) is 71.9 cm³/mol. The van der Waals surface area contributed by atoms with Gasteiger partial charge < -0.3 is 5.32 Å². The fourth-order valence-electron chi connectivity index (χ4n) is 2.59. The van der Waals surface area contributed by atoms with E-state index in [4.69, 9.17) is 0 Å². The Kier molecular flexibility index (Phi) is 5.77. The number of hydrogen-bond acceptors (Lipinski definition) is 2. The van der Waals surface area contributed by atoms with Crippen molar-refractivity contribution in [3.63, 3.8) is 0 Å². The first kappa shape index (κ1) is 14.0. The molecule has 96 valence electrons. The molecule has 1 aliphatic rings. The first-order valence-electron chi connectivity index (χ1n) is 7.02. The molecule has 0 saturated carbocycles. The van der Waals surface area contributed by atoms with E-state index in [0.717, 1.165) is 12.6 Å². The molecule has 2 heteroatoms. The third-order valence-electron chi connectivity index (χ3n) is 3.43. The molecule has 16 heavy (non-hydrogen) atoms. The number of nitrogens with one attached hydrogen (secondary N) is 1. The summed E-state index contributed by atoms with van der Waals surface area (Å²) in [6, 6.07) is 0.862. The summed E-state index contributed by atoms with van der Waals surface area (Å²) >= 11 is 0. The lowest BCUT2D eigenvalue weighted by atomic mass is 9.98. The second-order valence-corrected chi connectivity index (χ2v) is 6.15. The van der Waals surface area contributed by atoms with E-state index >= 15 is 0 Å². The van der Waals surface area contributed by atoms with E-state index in [1.807, 2.05) is 0 Å². The highest BCUT2D eigenvalue weighted by atomic mass is 15.2. The third kappa shape index (κ3) is 5.31. The van der Waals surface area contributed by atoms with Crippen LogP contribution in [0.15, 0.2) is 0 Å². The average Bonchev–Trinajstić information content (AvgIpc) is 2.19. The minimum atomic E-state index is 0.260. The Bertz CT molecular complexity index is 182. The van der Waals surface area contributed by atoms with Gasteiger partial charge in [-0.3, -0.25) is 4.90 Å². The fraction of sp³-hybridized carbons (Fsp3) is 1.00. The molecule has 0 radical (unpaired) electrons. The van der Waals surface area contributed by atoms with Crippen LogP contribution in [0.4, 0.5) is 0 Å². The van der Waals surface area contributed by atoms with Gasteiger partial charge in [0.25, 0.3) is 0 Å². The van der Waals surface area contributed by atoms with Gasteiger partial charge in [0.05, 0.1) is 0 Å². The molecule has 0 aliphatic carbocycles. The van der Waals surface area contributed by atoms with Gasteiger partial charge in [0.1, 0.15) is 0 Å². The number of nitrogens with zero attached hydrogens (tertiary/aromatic N) is 1. The second kappa shape index (κ2) is 6.61. The van der Waals surface area contributed by atoms with Crippen molar-refractivity contribution in [2.45, 2.75) is 71.4 Å². The topological polar surface area (TPSA) is 15.3 Å². The van der Waals surface area contributed by atoms with Crippen molar-refractivity contribution < 1.29 is 0 Å². The first-order valence-corrected chi connectivity index (χ1v) is 7.02. The van der Waals surface area contributed by atoms with Crippen LogP contribution < -0.4 is 5.32 Å². The van der Waals surface area contributed by atoms with Crippen molar-refractivity contribution in [3.8, 4) is 0 Å². The van der Waals surface area contributed by atoms with Gasteiger partial charge in [-0.1, -0.05) is 19.8 Å². The van der Waals surface area contributed by atoms with Gasteiger partial charge in [0.2, 0.25) is 0 Å². The van der Waals surface area contributed by atoms with Crippen molar-refractivity contribution >= 4 is 0 Å². The quantitative estimate of drug-likeness (QED) is 0.775. The standard InChI is InChI=1S/C14H30N2/c1-5-8-13-9-6-7-11-16(13)12-10-15-14(2,3)4/h13,15H,5-12H2,1-4H3. The molecule has 1 atom stereocenters. The van der Waals surface area contributed by atoms with Crippen molar-refractivity contribution in [1.29, 1.82) is 0 Å². The summed E-state index contributed by atoms with van der Waals surface area (Å²) in [4.78, 5) is 2.70. The van der Waals surface area contributed by atoms with Gasteiger partial charge in [-0.15, -0.1) is 0 Å². The summed E-state index contributed by atoms with van der Waals surface area (Å²) in [5.74, 6) is 0. The zero-order chi connectivity index (χ0) is 12.0. The largest absolute Gasteiger partial charge is 0.311 e. The molecule has 0 aromatic heterocycles. The van der Waals surface area contributed by atoms with Crippen LogP contribution in [0.3, 0.4) is 0 Å². The summed E-state index contributed by atoms with van der Waals surface area (Å²) in [6.07, 6.45) is 6.97. The van der Waals surface area contributed by atoms with Gasteiger partial charge in [-0.2, -0.15) is 0 Å². The highest BCUT2D eigenvalue weighted by Crippen LogP contribution is 2.20. The molecular weight excluding hydrogens is 196 g/mol. The smallest absolute Gasteiger partial charge is 0.0110 e. The predicted octanol–water partition coefficient (Wildman–Crippen LogP) is 3.03. The van der Waals surface area contributed by atoms with Crippen molar-refractivity contribution in [2.75, 3.05) is 19.6 Å². The van der Waals surface area contributed by atoms with E-state index in [-0.39, 0.29) is 5.54 Å². The summed E-state index contributed by atoms with van der Waals surface area (Å²) < 4.78 is 0. The Morgan fingerprint density at radius 2 is 2.00 bits per heavy atom. The normalized spacial score (nSPS) is 23.6. The number of likely N-dealkylation sites (tertiary alicyclic amines) is 1. The maximum absolute atomic E-state index is 3.59. The molecule has 1 rings (SSSR count). The van der Waals surface area contributed by atoms with E-state index in [2.05, 4.69) is 37.9 Å². The van der Waals surface area contributed by atoms with Gasteiger partial charge in [0.15, 0.2) is 0 Å². The van der Waals surface area contributed by atoms with Crippen LogP contribution in [0.2, 0.25) is 0 Å². The second-order valence-electron chi connectivity index (χ2n) is 6.15. The highest BCUT2D eigenvalue weighted by molar-refractivity contribution is 4.78. The van der Waals surface area contributed by atoms with E-state index in [1.165, 1.54) is 45.2 Å². The lowest BCUT2D eigenvalue weighted by molar-refractivity contribution is 0.137. The molecule has 1 aliphatic heterocycles. The minimum Gasteiger partial charge on any atom is -0.311 e. The molecule has 1 N–H and O–H groups in total. The Morgan fingerprint density at radius 3 is 2.62 bits per heavy atom. The monoisotopic (exact) mass is 226 g/mol. The lowest BCUT2D eigenvalue weighted by Crippen LogP contribution is -2.46. The summed E-state index contributed by atoms with van der Waals surface area (Å²) in [5.41, 5.74) is 0.260. The van der Waals surface area contributed by atoms with Gasteiger partial charge >= 0.3 is 0 Å². The summed E-state index contributed by atoms with van der Waals surface area (Å²) in [6.45, 7) is 12.7. The van der Waals surface area contributed by atoms with Crippen LogP contribution >= 0.6 is 0 Å². The molecule has 0 bridgehead atoms. The highest BCUT2D eigenvalue weighted by Gasteiger charge is 2.21. The number of hydrogen-bond donors (Lipinski definition) is 1. The summed E-state index contributed by atoms with van der Waals surface area (Å²) in [7, 11) is 0. The maximum atomic E-state index is 3.59. The van der Waals surface area contributed by atoms with Gasteiger partial charge in [-0.05, 0) is 46.6 Å². The van der Waals surface area contributed by atoms with E-state index in [1.54, 1.807) is 0 Å². The van der Waals surface area contributed by atoms with Crippen LogP contribution in [0.1, 0.15) is 59.8 Å². The Balaban J connectivity index is 2.27. The van der Waals surface area contributed by atoms with Crippen LogP contribution in [-0.4, -0.2) is 36.1 Å². The van der Waals surface area contributed by atoms with Crippen LogP contribution in [0.5, 0.6) is 0 Å². The molecule has 1 fully saturated rings. The molecule has 0 amide bonds. The van der Waals surface area contributed by atoms with Crippen LogP contribution in [0.25, 0.3) is 0 Å². The molecule has 0 aromatic rings. The maximum Gasteiger partial charge on any atom is 0.0110 e. The molecular formula is C14H30N2. The molecule has 1 saturated heterocycles. The fourth-order valence-corrected chi connectivity index (χ4v) is 2.59. The van der Waals surface area contributed by atoms with Gasteiger partial charge in [-0.25, -0.2) is 0 Å². The van der Waals surface area contributed by atoms with Gasteiger partial charge in [0, 0.05) is 24.7 Å². The number of piperidine rings is 1. The SMILES string of the molecule is CCCC1CCCCN1CCNC(C)(C)C. The van der Waals surface area contributed by atoms with Crippen LogP contribution in [0, 0.1) is 0 Å². The zero-order valence-electron chi connectivity index (χ0n) is 11.7. The number of rotatable bonds is 5. The first-order chi connectivity index (χ1) is 7.53. The average molecular weight is 226 g/mol. The lowest BCUT2D eigenvalue weighted by Gasteiger charge is -2.36. The molecule has 0 aromatic carbocycles. The molecule has 1 unspecified atom stereocenters. The summed E-state index contributed by atoms with van der Waals surface area (Å²) in [5, 5.41) is 3.59. The molecule has 0 spiro atoms. The molecule has 1 heterocycles.